The summed E-state index contributed by atoms with van der Waals surface area (Å²) in [5.41, 5.74) is 0. The summed E-state index contributed by atoms with van der Waals surface area (Å²) < 4.78 is 34.4. The third-order valence-corrected chi connectivity index (χ3v) is 0. The minimum atomic E-state index is -5.75. The van der Waals surface area contributed by atoms with E-state index in [9.17, 15) is 0 Å². The molecular formula is H2CrNiO5. The third-order valence-electron chi connectivity index (χ3n) is 0. The van der Waals surface area contributed by atoms with Crippen molar-refractivity contribution >= 4 is 0 Å². The van der Waals surface area contributed by atoms with Crippen LogP contribution in [-0.2, 0) is 37.7 Å². The second kappa shape index (κ2) is 4.66. The third kappa shape index (κ3) is 516. The average Bonchev–Trinajstić information content (AvgIpc) is 0.722. The average molecular weight is 193 g/mol. The van der Waals surface area contributed by atoms with Gasteiger partial charge in [-0.25, -0.2) is 0 Å². The number of hydrogen-bond acceptors (Lipinski definition) is 4. The summed E-state index contributed by atoms with van der Waals surface area (Å²) in [6, 6.07) is 0. The molecule has 0 spiro atoms. The van der Waals surface area contributed by atoms with Crippen LogP contribution in [0, 0.1) is 0 Å². The van der Waals surface area contributed by atoms with Gasteiger partial charge in [0.05, 0.1) is 0 Å². The first-order valence-electron chi connectivity index (χ1n) is 0.667. The van der Waals surface area contributed by atoms with Crippen LogP contribution in [0.1, 0.15) is 0 Å². The second-order valence-electron chi connectivity index (χ2n) is 0.408. The molecule has 0 aliphatic rings. The van der Waals surface area contributed by atoms with Crippen LogP contribution >= 0.6 is 0 Å². The normalized spacial score (nSPS) is 8.29. The van der Waals surface area contributed by atoms with Gasteiger partial charge in [-0.3, -0.25) is 0 Å². The molecule has 0 fully saturated rings. The molecule has 0 aromatic heterocycles. The Kier molecular flexibility index (Phi) is 10.4. The Hall–Kier alpha value is 0.506. The molecule has 48 valence electrons. The van der Waals surface area contributed by atoms with E-state index >= 15 is 0 Å². The quantitative estimate of drug-likeness (QED) is 0.372. The summed E-state index contributed by atoms with van der Waals surface area (Å²) in [5.74, 6) is 0. The molecule has 0 aliphatic heterocycles. The van der Waals surface area contributed by atoms with Gasteiger partial charge in [0, 0.05) is 0 Å². The first-order valence-corrected chi connectivity index (χ1v) is 2.75. The molecule has 0 unspecified atom stereocenters. The fraction of sp³-hybridized carbons (Fsp3) is 0. The second-order valence-corrected chi connectivity index (χ2v) is 1.68. The maximum atomic E-state index is 8.59. The fourth-order valence-corrected chi connectivity index (χ4v) is 0. The molecule has 5 nitrogen and oxygen atoms in total. The maximum absolute atomic E-state index is 8.59. The van der Waals surface area contributed by atoms with E-state index in [1.54, 1.807) is 0 Å². The van der Waals surface area contributed by atoms with Gasteiger partial charge in [0.2, 0.25) is 0 Å². The van der Waals surface area contributed by atoms with Gasteiger partial charge in [0.25, 0.3) is 0 Å². The van der Waals surface area contributed by atoms with Crippen molar-refractivity contribution in [3.63, 3.8) is 0 Å². The van der Waals surface area contributed by atoms with E-state index in [-0.39, 0.29) is 22.0 Å². The standard InChI is InChI=1S/Cr.Ni.H2O.4O/h;;1H2;;;;/q;+2;;;;2*-1. The molecule has 0 amide bonds. The van der Waals surface area contributed by atoms with Crippen molar-refractivity contribution in [2.75, 3.05) is 0 Å². The van der Waals surface area contributed by atoms with Crippen molar-refractivity contribution in [1.29, 1.82) is 0 Å². The Balaban J connectivity index is -0.0000000800. The van der Waals surface area contributed by atoms with Crippen LogP contribution in [0.25, 0.3) is 0 Å². The molecule has 0 atom stereocenters. The van der Waals surface area contributed by atoms with E-state index in [0.29, 0.717) is 0 Å². The van der Waals surface area contributed by atoms with E-state index in [4.69, 9.17) is 15.9 Å². The molecule has 0 radical (unpaired) electrons. The predicted molar refractivity (Wildman–Crippen MR) is 4.99 cm³/mol. The van der Waals surface area contributed by atoms with E-state index in [0.717, 1.165) is 0 Å². The molecule has 0 aliphatic carbocycles. The molecule has 0 saturated heterocycles. The van der Waals surface area contributed by atoms with E-state index in [1.165, 1.54) is 0 Å². The monoisotopic (exact) mass is 192 g/mol. The molecule has 0 bridgehead atoms. The van der Waals surface area contributed by atoms with Crippen LogP contribution in [-0.4, -0.2) is 5.48 Å². The number of hydrogen-bond donors (Lipinski definition) is 0. The van der Waals surface area contributed by atoms with Crippen molar-refractivity contribution in [2.45, 2.75) is 0 Å². The zero-order chi connectivity index (χ0) is 4.50. The van der Waals surface area contributed by atoms with Crippen molar-refractivity contribution in [2.24, 2.45) is 0 Å². The summed E-state index contributed by atoms with van der Waals surface area (Å²) in [6.45, 7) is 0. The molecule has 0 rings (SSSR count). The van der Waals surface area contributed by atoms with E-state index in [1.807, 2.05) is 0 Å². The minimum absolute atomic E-state index is 0. The van der Waals surface area contributed by atoms with Crippen LogP contribution in [0.15, 0.2) is 0 Å². The summed E-state index contributed by atoms with van der Waals surface area (Å²) in [5, 5.41) is 0. The first kappa shape index (κ1) is 15.6. The molecule has 0 aromatic carbocycles. The molecule has 0 aromatic rings. The van der Waals surface area contributed by atoms with Gasteiger partial charge in [0.1, 0.15) is 0 Å². The first-order chi connectivity index (χ1) is 2.00. The van der Waals surface area contributed by atoms with Crippen LogP contribution in [0.3, 0.4) is 0 Å². The van der Waals surface area contributed by atoms with E-state index in [2.05, 4.69) is 0 Å². The van der Waals surface area contributed by atoms with Crippen LogP contribution in [0.2, 0.25) is 0 Å². The predicted octanol–water partition coefficient (Wildman–Crippen LogP) is -3.45. The van der Waals surface area contributed by atoms with Crippen LogP contribution < -0.4 is 8.32 Å². The Morgan fingerprint density at radius 3 is 1.14 bits per heavy atom. The topological polar surface area (TPSA) is 112 Å². The Bertz CT molecular complexity index is 91.2. The molecule has 0 heterocycles. The van der Waals surface area contributed by atoms with Gasteiger partial charge in [-0.1, -0.05) is 0 Å². The summed E-state index contributed by atoms with van der Waals surface area (Å²) in [7, 11) is 0. The van der Waals surface area contributed by atoms with E-state index < -0.39 is 13.6 Å². The van der Waals surface area contributed by atoms with Gasteiger partial charge in [-0.2, -0.15) is 0 Å². The summed E-state index contributed by atoms with van der Waals surface area (Å²) >= 11 is -5.75. The zero-order valence-electron chi connectivity index (χ0n) is 2.86. The molecule has 7 heteroatoms. The Labute approximate surface area is 52.0 Å². The van der Waals surface area contributed by atoms with Crippen LogP contribution in [0.4, 0.5) is 0 Å². The Morgan fingerprint density at radius 1 is 1.14 bits per heavy atom. The zero-order valence-corrected chi connectivity index (χ0v) is 5.12. The van der Waals surface area contributed by atoms with Crippen molar-refractivity contribution < 1.29 is 51.5 Å². The van der Waals surface area contributed by atoms with Crippen molar-refractivity contribution in [1.82, 2.24) is 0 Å². The molecule has 2 N–H and O–H groups in total. The van der Waals surface area contributed by atoms with Crippen LogP contribution in [0.5, 0.6) is 0 Å². The van der Waals surface area contributed by atoms with Gasteiger partial charge in [-0.05, 0) is 0 Å². The van der Waals surface area contributed by atoms with Crippen molar-refractivity contribution in [3.8, 4) is 0 Å². The van der Waals surface area contributed by atoms with Gasteiger partial charge < -0.3 is 5.48 Å². The molecule has 7 heavy (non-hydrogen) atoms. The van der Waals surface area contributed by atoms with Gasteiger partial charge >= 0.3 is 46.0 Å². The fourth-order valence-electron chi connectivity index (χ4n) is 0. The van der Waals surface area contributed by atoms with Gasteiger partial charge in [-0.15, -0.1) is 0 Å². The molecular weight excluding hydrogens is 191 g/mol. The molecule has 0 saturated carbocycles. The Morgan fingerprint density at radius 2 is 1.14 bits per heavy atom. The SMILES string of the molecule is O.[Ni+2].[O]=[Cr](=[O])([O-])[O-]. The summed E-state index contributed by atoms with van der Waals surface area (Å²) in [4.78, 5) is 0. The summed E-state index contributed by atoms with van der Waals surface area (Å²) in [6.07, 6.45) is 0. The van der Waals surface area contributed by atoms with Crippen molar-refractivity contribution in [3.05, 3.63) is 0 Å². The van der Waals surface area contributed by atoms with Gasteiger partial charge in [0.15, 0.2) is 0 Å². The number of rotatable bonds is 0.